The molecule has 4 nitrogen and oxygen atoms in total. The Labute approximate surface area is 143 Å². The van der Waals surface area contributed by atoms with Gasteiger partial charge in [-0.25, -0.2) is 4.79 Å². The molecule has 128 valence electrons. The van der Waals surface area contributed by atoms with Crippen molar-refractivity contribution in [2.75, 3.05) is 19.6 Å². The van der Waals surface area contributed by atoms with Gasteiger partial charge in [0.25, 0.3) is 0 Å². The van der Waals surface area contributed by atoms with Crippen LogP contribution in [0.4, 0.5) is 0 Å². The summed E-state index contributed by atoms with van der Waals surface area (Å²) in [5.41, 5.74) is 1.93. The third kappa shape index (κ3) is 3.93. The Morgan fingerprint density at radius 3 is 2.75 bits per heavy atom. The summed E-state index contributed by atoms with van der Waals surface area (Å²) < 4.78 is 0. The van der Waals surface area contributed by atoms with Crippen molar-refractivity contribution in [3.05, 3.63) is 41.6 Å². The Morgan fingerprint density at radius 2 is 2.04 bits per heavy atom. The van der Waals surface area contributed by atoms with Gasteiger partial charge in [0.05, 0.1) is 11.1 Å². The van der Waals surface area contributed by atoms with Crippen LogP contribution >= 0.6 is 0 Å². The van der Waals surface area contributed by atoms with Gasteiger partial charge in [-0.1, -0.05) is 31.5 Å². The van der Waals surface area contributed by atoms with Gasteiger partial charge in [0.2, 0.25) is 0 Å². The third-order valence-corrected chi connectivity index (χ3v) is 5.04. The van der Waals surface area contributed by atoms with Crippen LogP contribution < -0.4 is 0 Å². The number of piperidine rings is 1. The van der Waals surface area contributed by atoms with Crippen molar-refractivity contribution in [1.82, 2.24) is 9.88 Å². The standard InChI is InChI=1S/C20H26N2O2/c1-2-3-11-22-12-9-15(10-13-22)14-17-8-7-16-5-4-6-18(20(23)24)19(16)21-17/h4-8,15H,2-3,9-14H2,1H3,(H,23,24). The fourth-order valence-corrected chi connectivity index (χ4v) is 3.57. The molecule has 0 spiro atoms. The number of nitrogens with zero attached hydrogens (tertiary/aromatic N) is 2. The van der Waals surface area contributed by atoms with Crippen molar-refractivity contribution in [2.24, 2.45) is 5.92 Å². The van der Waals surface area contributed by atoms with Gasteiger partial charge in [-0.3, -0.25) is 4.98 Å². The molecule has 2 heterocycles. The Morgan fingerprint density at radius 1 is 1.25 bits per heavy atom. The number of carboxylic acids is 1. The summed E-state index contributed by atoms with van der Waals surface area (Å²) in [4.78, 5) is 18.6. The summed E-state index contributed by atoms with van der Waals surface area (Å²) in [5, 5.41) is 10.2. The zero-order valence-electron chi connectivity index (χ0n) is 14.4. The van der Waals surface area contributed by atoms with Crippen LogP contribution in [0.5, 0.6) is 0 Å². The van der Waals surface area contributed by atoms with E-state index in [4.69, 9.17) is 0 Å². The number of carbonyl (C=O) groups is 1. The number of carboxylic acid groups (broad SMARTS) is 1. The van der Waals surface area contributed by atoms with Gasteiger partial charge in [-0.15, -0.1) is 0 Å². The first-order valence-electron chi connectivity index (χ1n) is 9.01. The molecule has 1 fully saturated rings. The van der Waals surface area contributed by atoms with E-state index in [1.807, 2.05) is 12.1 Å². The fourth-order valence-electron chi connectivity index (χ4n) is 3.57. The molecule has 0 atom stereocenters. The normalized spacial score (nSPS) is 16.5. The van der Waals surface area contributed by atoms with E-state index in [9.17, 15) is 9.90 Å². The number of fused-ring (bicyclic) bond motifs is 1. The highest BCUT2D eigenvalue weighted by atomic mass is 16.4. The molecule has 2 aromatic rings. The molecule has 0 amide bonds. The fraction of sp³-hybridized carbons (Fsp3) is 0.500. The molecule has 0 unspecified atom stereocenters. The number of likely N-dealkylation sites (tertiary alicyclic amines) is 1. The molecule has 1 aliphatic rings. The van der Waals surface area contributed by atoms with Crippen molar-refractivity contribution in [3.63, 3.8) is 0 Å². The van der Waals surface area contributed by atoms with Crippen LogP contribution in [-0.4, -0.2) is 40.6 Å². The molecule has 0 bridgehead atoms. The first-order chi connectivity index (χ1) is 11.7. The average molecular weight is 326 g/mol. The van der Waals surface area contributed by atoms with Gasteiger partial charge in [-0.2, -0.15) is 0 Å². The summed E-state index contributed by atoms with van der Waals surface area (Å²) in [6.45, 7) is 5.82. The largest absolute Gasteiger partial charge is 0.478 e. The van der Waals surface area contributed by atoms with E-state index < -0.39 is 5.97 Å². The maximum absolute atomic E-state index is 11.4. The molecule has 24 heavy (non-hydrogen) atoms. The molecular formula is C20H26N2O2. The Bertz CT molecular complexity index is 706. The maximum Gasteiger partial charge on any atom is 0.337 e. The van der Waals surface area contributed by atoms with E-state index in [1.54, 1.807) is 12.1 Å². The second-order valence-electron chi connectivity index (χ2n) is 6.83. The van der Waals surface area contributed by atoms with Crippen LogP contribution in [0.15, 0.2) is 30.3 Å². The minimum Gasteiger partial charge on any atom is -0.478 e. The molecular weight excluding hydrogens is 300 g/mol. The Kier molecular flexibility index (Phi) is 5.46. The van der Waals surface area contributed by atoms with E-state index in [-0.39, 0.29) is 0 Å². The van der Waals surface area contributed by atoms with Crippen molar-refractivity contribution in [3.8, 4) is 0 Å². The molecule has 1 aromatic heterocycles. The Balaban J connectivity index is 1.68. The predicted octanol–water partition coefficient (Wildman–Crippen LogP) is 3.99. The van der Waals surface area contributed by atoms with Crippen LogP contribution in [-0.2, 0) is 6.42 Å². The van der Waals surface area contributed by atoms with E-state index in [1.165, 1.54) is 45.3 Å². The third-order valence-electron chi connectivity index (χ3n) is 5.04. The molecule has 3 rings (SSSR count). The number of aromatic nitrogens is 1. The monoisotopic (exact) mass is 326 g/mol. The van der Waals surface area contributed by atoms with Crippen LogP contribution in [0.1, 0.15) is 48.7 Å². The van der Waals surface area contributed by atoms with E-state index in [2.05, 4.69) is 22.9 Å². The molecule has 1 saturated heterocycles. The smallest absolute Gasteiger partial charge is 0.337 e. The Hall–Kier alpha value is -1.94. The lowest BCUT2D eigenvalue weighted by molar-refractivity contribution is 0.0699. The molecule has 0 radical (unpaired) electrons. The summed E-state index contributed by atoms with van der Waals surface area (Å²) in [5.74, 6) is -0.251. The first kappa shape index (κ1) is 16.9. The van der Waals surface area contributed by atoms with Crippen molar-refractivity contribution < 1.29 is 9.90 Å². The molecule has 1 aromatic carbocycles. The number of para-hydroxylation sites is 1. The maximum atomic E-state index is 11.4. The van der Waals surface area contributed by atoms with Crippen molar-refractivity contribution in [1.29, 1.82) is 0 Å². The van der Waals surface area contributed by atoms with Crippen LogP contribution in [0.2, 0.25) is 0 Å². The highest BCUT2D eigenvalue weighted by molar-refractivity contribution is 6.01. The molecule has 0 aliphatic carbocycles. The highest BCUT2D eigenvalue weighted by Crippen LogP contribution is 2.23. The summed E-state index contributed by atoms with van der Waals surface area (Å²) in [6.07, 6.45) is 5.92. The second kappa shape index (κ2) is 7.75. The first-order valence-corrected chi connectivity index (χ1v) is 9.01. The minimum absolute atomic E-state index is 0.295. The van der Waals surface area contributed by atoms with E-state index in [0.717, 1.165) is 17.5 Å². The van der Waals surface area contributed by atoms with E-state index >= 15 is 0 Å². The van der Waals surface area contributed by atoms with Gasteiger partial charge in [0.1, 0.15) is 0 Å². The lowest BCUT2D eigenvalue weighted by Gasteiger charge is -2.31. The molecule has 4 heteroatoms. The van der Waals surface area contributed by atoms with Crippen molar-refractivity contribution in [2.45, 2.75) is 39.0 Å². The quantitative estimate of drug-likeness (QED) is 0.872. The minimum atomic E-state index is -0.908. The summed E-state index contributed by atoms with van der Waals surface area (Å²) in [6, 6.07) is 9.38. The number of unbranched alkanes of at least 4 members (excludes halogenated alkanes) is 1. The van der Waals surface area contributed by atoms with Gasteiger partial charge >= 0.3 is 5.97 Å². The zero-order valence-corrected chi connectivity index (χ0v) is 14.4. The number of hydrogen-bond acceptors (Lipinski definition) is 3. The lowest BCUT2D eigenvalue weighted by atomic mass is 9.91. The number of pyridine rings is 1. The molecule has 0 saturated carbocycles. The van der Waals surface area contributed by atoms with Crippen LogP contribution in [0.3, 0.4) is 0 Å². The molecule has 1 aliphatic heterocycles. The SMILES string of the molecule is CCCCN1CCC(Cc2ccc3cccc(C(=O)O)c3n2)CC1. The number of hydrogen-bond donors (Lipinski definition) is 1. The number of benzene rings is 1. The number of rotatable bonds is 6. The number of aromatic carboxylic acids is 1. The second-order valence-corrected chi connectivity index (χ2v) is 6.83. The topological polar surface area (TPSA) is 53.4 Å². The van der Waals surface area contributed by atoms with Gasteiger partial charge in [-0.05, 0) is 63.4 Å². The summed E-state index contributed by atoms with van der Waals surface area (Å²) in [7, 11) is 0. The van der Waals surface area contributed by atoms with Gasteiger partial charge in [0.15, 0.2) is 0 Å². The van der Waals surface area contributed by atoms with Crippen molar-refractivity contribution >= 4 is 16.9 Å². The molecule has 1 N–H and O–H groups in total. The van der Waals surface area contributed by atoms with Crippen LogP contribution in [0, 0.1) is 5.92 Å². The van der Waals surface area contributed by atoms with E-state index in [0.29, 0.717) is 17.0 Å². The summed E-state index contributed by atoms with van der Waals surface area (Å²) >= 11 is 0. The highest BCUT2D eigenvalue weighted by Gasteiger charge is 2.20. The van der Waals surface area contributed by atoms with Gasteiger partial charge < -0.3 is 10.0 Å². The average Bonchev–Trinajstić information content (AvgIpc) is 2.60. The predicted molar refractivity (Wildman–Crippen MR) is 96.5 cm³/mol. The van der Waals surface area contributed by atoms with Gasteiger partial charge in [0, 0.05) is 11.1 Å². The van der Waals surface area contributed by atoms with Crippen LogP contribution in [0.25, 0.3) is 10.9 Å². The lowest BCUT2D eigenvalue weighted by Crippen LogP contribution is -2.35. The zero-order chi connectivity index (χ0) is 16.9.